The molecule has 0 saturated heterocycles. The number of aryl methyl sites for hydroxylation is 1. The summed E-state index contributed by atoms with van der Waals surface area (Å²) in [4.78, 5) is 29.1. The largest absolute Gasteiger partial charge is 0.481 e. The van der Waals surface area contributed by atoms with Gasteiger partial charge in [-0.05, 0) is 25.1 Å². The second kappa shape index (κ2) is 6.29. The third-order valence-corrected chi connectivity index (χ3v) is 3.57. The summed E-state index contributed by atoms with van der Waals surface area (Å²) in [6.45, 7) is 1.64. The molecule has 5 nitrogen and oxygen atoms in total. The first-order valence-corrected chi connectivity index (χ1v) is 6.68. The van der Waals surface area contributed by atoms with E-state index in [1.807, 2.05) is 13.0 Å². The summed E-state index contributed by atoms with van der Waals surface area (Å²) < 4.78 is 9.86. The van der Waals surface area contributed by atoms with Gasteiger partial charge in [0.2, 0.25) is 11.7 Å². The minimum Gasteiger partial charge on any atom is -0.481 e. The van der Waals surface area contributed by atoms with E-state index in [2.05, 4.69) is 4.98 Å². The average molecular weight is 291 g/mol. The van der Waals surface area contributed by atoms with Crippen LogP contribution in [0.4, 0.5) is 0 Å². The molecule has 2 aromatic rings. The van der Waals surface area contributed by atoms with Gasteiger partial charge in [0.1, 0.15) is 0 Å². The Morgan fingerprint density at radius 2 is 2.05 bits per heavy atom. The summed E-state index contributed by atoms with van der Waals surface area (Å²) >= 11 is 1.38. The fourth-order valence-corrected chi connectivity index (χ4v) is 2.28. The smallest absolute Gasteiger partial charge is 0.340 e. The predicted octanol–water partition coefficient (Wildman–Crippen LogP) is 2.50. The van der Waals surface area contributed by atoms with Crippen molar-refractivity contribution in [2.75, 3.05) is 13.7 Å². The maximum Gasteiger partial charge on any atom is 0.340 e. The number of esters is 1. The summed E-state index contributed by atoms with van der Waals surface area (Å²) in [5.41, 5.74) is 0.279. The lowest BCUT2D eigenvalue weighted by molar-refractivity contribution is 0.0475. The summed E-state index contributed by atoms with van der Waals surface area (Å²) in [6.07, 6.45) is 1.35. The number of carbonyl (C=O) groups is 2. The van der Waals surface area contributed by atoms with Gasteiger partial charge >= 0.3 is 5.97 Å². The Bertz CT molecular complexity index is 618. The van der Waals surface area contributed by atoms with Crippen LogP contribution >= 0.6 is 11.3 Å². The zero-order chi connectivity index (χ0) is 14.5. The van der Waals surface area contributed by atoms with Crippen LogP contribution in [0.3, 0.4) is 0 Å². The number of hydrogen-bond donors (Lipinski definition) is 0. The summed E-state index contributed by atoms with van der Waals surface area (Å²) in [6, 6.07) is 6.67. The molecule has 0 aliphatic rings. The van der Waals surface area contributed by atoms with Crippen LogP contribution in [0.25, 0.3) is 0 Å². The summed E-state index contributed by atoms with van der Waals surface area (Å²) in [7, 11) is 1.49. The molecule has 20 heavy (non-hydrogen) atoms. The van der Waals surface area contributed by atoms with Gasteiger partial charge in [0.05, 0.1) is 17.6 Å². The summed E-state index contributed by atoms with van der Waals surface area (Å²) in [5.74, 6) is -0.383. The number of nitrogens with zero attached hydrogens (tertiary/aromatic N) is 1. The lowest BCUT2D eigenvalue weighted by atomic mass is 10.3. The van der Waals surface area contributed by atoms with Crippen molar-refractivity contribution < 1.29 is 19.1 Å². The van der Waals surface area contributed by atoms with Crippen molar-refractivity contribution in [1.82, 2.24) is 4.98 Å². The number of thiophene rings is 1. The van der Waals surface area contributed by atoms with Crippen molar-refractivity contribution in [2.24, 2.45) is 0 Å². The van der Waals surface area contributed by atoms with Gasteiger partial charge in [-0.3, -0.25) is 4.79 Å². The van der Waals surface area contributed by atoms with E-state index < -0.39 is 5.97 Å². The van der Waals surface area contributed by atoms with E-state index >= 15 is 0 Å². The molecule has 0 spiro atoms. The molecule has 0 aliphatic carbocycles. The Hall–Kier alpha value is -2.21. The predicted molar refractivity (Wildman–Crippen MR) is 74.5 cm³/mol. The van der Waals surface area contributed by atoms with Gasteiger partial charge in [0.25, 0.3) is 0 Å². The monoisotopic (exact) mass is 291 g/mol. The highest BCUT2D eigenvalue weighted by Gasteiger charge is 2.13. The van der Waals surface area contributed by atoms with Crippen LogP contribution < -0.4 is 4.74 Å². The molecule has 104 valence electrons. The maximum absolute atomic E-state index is 11.8. The third-order valence-electron chi connectivity index (χ3n) is 2.53. The zero-order valence-corrected chi connectivity index (χ0v) is 11.9. The molecule has 0 radical (unpaired) electrons. The number of ether oxygens (including phenoxy) is 2. The van der Waals surface area contributed by atoms with Crippen molar-refractivity contribution in [3.63, 3.8) is 0 Å². The van der Waals surface area contributed by atoms with Gasteiger partial charge in [-0.15, -0.1) is 11.3 Å². The fourth-order valence-electron chi connectivity index (χ4n) is 1.49. The molecule has 2 rings (SSSR count). The molecule has 0 amide bonds. The van der Waals surface area contributed by atoms with Crippen molar-refractivity contribution in [2.45, 2.75) is 6.92 Å². The number of ketones is 1. The van der Waals surface area contributed by atoms with Crippen LogP contribution in [-0.4, -0.2) is 30.5 Å². The van der Waals surface area contributed by atoms with Crippen LogP contribution in [0.5, 0.6) is 5.88 Å². The number of carbonyl (C=O) groups excluding carboxylic acids is 2. The van der Waals surface area contributed by atoms with Crippen molar-refractivity contribution in [3.05, 3.63) is 45.8 Å². The highest BCUT2D eigenvalue weighted by atomic mass is 32.1. The lowest BCUT2D eigenvalue weighted by Crippen LogP contribution is -2.13. The second-order valence-corrected chi connectivity index (χ2v) is 5.29. The van der Waals surface area contributed by atoms with E-state index in [0.29, 0.717) is 10.8 Å². The minimum absolute atomic E-state index is 0.210. The topological polar surface area (TPSA) is 65.5 Å². The Balaban J connectivity index is 1.92. The van der Waals surface area contributed by atoms with Crippen LogP contribution in [0.1, 0.15) is 24.9 Å². The van der Waals surface area contributed by atoms with Gasteiger partial charge < -0.3 is 9.47 Å². The summed E-state index contributed by atoms with van der Waals surface area (Å²) in [5, 5.41) is 0. The van der Waals surface area contributed by atoms with Gasteiger partial charge in [-0.1, -0.05) is 0 Å². The molecular formula is C14H13NO4S. The van der Waals surface area contributed by atoms with Crippen LogP contribution in [0, 0.1) is 6.92 Å². The standard InChI is InChI=1S/C14H13NO4S/c1-9-3-5-12(20-9)11(16)8-19-14(17)10-4-6-13(18-2)15-7-10/h3-7H,8H2,1-2H3. The first-order valence-electron chi connectivity index (χ1n) is 5.87. The van der Waals surface area contributed by atoms with E-state index in [-0.39, 0.29) is 18.0 Å². The Kier molecular flexibility index (Phi) is 4.47. The third kappa shape index (κ3) is 3.42. The molecule has 0 saturated carbocycles. The molecular weight excluding hydrogens is 278 g/mol. The molecule has 6 heteroatoms. The van der Waals surface area contributed by atoms with Crippen LogP contribution in [-0.2, 0) is 4.74 Å². The molecule has 2 heterocycles. The Morgan fingerprint density at radius 3 is 2.60 bits per heavy atom. The molecule has 0 bridgehead atoms. The minimum atomic E-state index is -0.582. The first-order chi connectivity index (χ1) is 9.60. The van der Waals surface area contributed by atoms with Crippen LogP contribution in [0.2, 0.25) is 0 Å². The van der Waals surface area contributed by atoms with E-state index in [1.165, 1.54) is 30.7 Å². The van der Waals surface area contributed by atoms with Gasteiger partial charge in [0.15, 0.2) is 6.61 Å². The number of rotatable bonds is 5. The molecule has 0 fully saturated rings. The molecule has 0 unspecified atom stereocenters. The number of pyridine rings is 1. The lowest BCUT2D eigenvalue weighted by Gasteiger charge is -2.03. The van der Waals surface area contributed by atoms with Gasteiger partial charge in [-0.2, -0.15) is 0 Å². The molecule has 0 aromatic carbocycles. The van der Waals surface area contributed by atoms with Gasteiger partial charge in [0, 0.05) is 17.1 Å². The van der Waals surface area contributed by atoms with Crippen molar-refractivity contribution in [1.29, 1.82) is 0 Å². The molecule has 2 aromatic heterocycles. The molecule has 0 aliphatic heterocycles. The maximum atomic E-state index is 11.8. The number of aromatic nitrogens is 1. The first kappa shape index (κ1) is 14.2. The van der Waals surface area contributed by atoms with E-state index in [1.54, 1.807) is 12.1 Å². The van der Waals surface area contributed by atoms with Crippen LogP contribution in [0.15, 0.2) is 30.5 Å². The average Bonchev–Trinajstić information content (AvgIpc) is 2.91. The number of methoxy groups -OCH3 is 1. The SMILES string of the molecule is COc1ccc(C(=O)OCC(=O)c2ccc(C)s2)cn1. The normalized spacial score (nSPS) is 10.1. The highest BCUT2D eigenvalue weighted by Crippen LogP contribution is 2.16. The number of hydrogen-bond acceptors (Lipinski definition) is 6. The Labute approximate surface area is 120 Å². The van der Waals surface area contributed by atoms with E-state index in [0.717, 1.165) is 4.88 Å². The van der Waals surface area contributed by atoms with E-state index in [9.17, 15) is 9.59 Å². The quantitative estimate of drug-likeness (QED) is 0.625. The zero-order valence-electron chi connectivity index (χ0n) is 11.1. The molecule has 0 N–H and O–H groups in total. The van der Waals surface area contributed by atoms with Crippen molar-refractivity contribution >= 4 is 23.1 Å². The second-order valence-electron chi connectivity index (χ2n) is 4.00. The van der Waals surface area contributed by atoms with E-state index in [4.69, 9.17) is 9.47 Å². The molecule has 0 atom stereocenters. The Morgan fingerprint density at radius 1 is 1.25 bits per heavy atom. The van der Waals surface area contributed by atoms with Gasteiger partial charge in [-0.25, -0.2) is 9.78 Å². The number of Topliss-reactive ketones (excluding diaryl/α,β-unsaturated/α-hetero) is 1. The highest BCUT2D eigenvalue weighted by molar-refractivity contribution is 7.14. The fraction of sp³-hybridized carbons (Fsp3) is 0.214. The van der Waals surface area contributed by atoms with Crippen molar-refractivity contribution in [3.8, 4) is 5.88 Å².